The molecular weight excluding hydrogens is 388 g/mol. The van der Waals surface area contributed by atoms with Gasteiger partial charge < -0.3 is 20.4 Å². The molecule has 3 heterocycles. The first kappa shape index (κ1) is 21.7. The number of benzene rings is 1. The highest BCUT2D eigenvalue weighted by atomic mass is 16.1. The Morgan fingerprint density at radius 1 is 1.06 bits per heavy atom. The summed E-state index contributed by atoms with van der Waals surface area (Å²) in [5.74, 6) is 0.876. The molecule has 1 atom stereocenters. The molecule has 31 heavy (non-hydrogen) atoms. The lowest BCUT2D eigenvalue weighted by Crippen LogP contribution is -2.48. The Morgan fingerprint density at radius 3 is 2.55 bits per heavy atom. The Morgan fingerprint density at radius 2 is 1.84 bits per heavy atom. The van der Waals surface area contributed by atoms with Crippen LogP contribution in [-0.4, -0.2) is 86.1 Å². The fraction of sp³-hybridized carbons (Fsp3) is 0.500. The van der Waals surface area contributed by atoms with Crippen molar-refractivity contribution in [1.82, 2.24) is 25.4 Å². The molecule has 166 valence electrons. The number of carbonyl (C=O) groups is 1. The molecule has 1 unspecified atom stereocenters. The van der Waals surface area contributed by atoms with Gasteiger partial charge in [-0.25, -0.2) is 4.98 Å². The molecule has 4 rings (SSSR count). The molecule has 2 fully saturated rings. The smallest absolute Gasteiger partial charge is 0.252 e. The number of piperazine rings is 2. The Kier molecular flexibility index (Phi) is 7.51. The average molecular weight is 423 g/mol. The number of carbonyl (C=O) groups excluding carboxylic acids is 1. The molecule has 1 amide bonds. The number of nitrogens with one attached hydrogen (secondary N) is 2. The van der Waals surface area contributed by atoms with E-state index in [0.717, 1.165) is 64.7 Å². The first-order valence-corrected chi connectivity index (χ1v) is 11.4. The molecular formula is C24H34N6O. The predicted molar refractivity (Wildman–Crippen MR) is 125 cm³/mol. The van der Waals surface area contributed by atoms with Crippen molar-refractivity contribution in [2.75, 3.05) is 70.3 Å². The molecule has 0 aliphatic carbocycles. The Balaban J connectivity index is 1.25. The van der Waals surface area contributed by atoms with Crippen LogP contribution in [0.1, 0.15) is 28.9 Å². The minimum Gasteiger partial charge on any atom is -0.353 e. The second-order valence-corrected chi connectivity index (χ2v) is 8.30. The second-order valence-electron chi connectivity index (χ2n) is 8.30. The molecule has 1 aromatic heterocycles. The van der Waals surface area contributed by atoms with E-state index >= 15 is 0 Å². The maximum Gasteiger partial charge on any atom is 0.252 e. The van der Waals surface area contributed by atoms with Gasteiger partial charge in [-0.3, -0.25) is 9.69 Å². The Hall–Kier alpha value is -2.48. The summed E-state index contributed by atoms with van der Waals surface area (Å²) in [6, 6.07) is 14.7. The molecule has 1 aromatic carbocycles. The zero-order valence-corrected chi connectivity index (χ0v) is 18.5. The van der Waals surface area contributed by atoms with Gasteiger partial charge in [-0.2, -0.15) is 0 Å². The van der Waals surface area contributed by atoms with Gasteiger partial charge in [0.1, 0.15) is 5.82 Å². The summed E-state index contributed by atoms with van der Waals surface area (Å²) in [4.78, 5) is 24.3. The van der Waals surface area contributed by atoms with E-state index in [-0.39, 0.29) is 5.91 Å². The standard InChI is InChI=1S/C24H34N6O/c1-2-28-14-16-29(17-15-28)12-10-26-24(31)21-8-9-23(27-18-21)30-13-11-25-22(19-30)20-6-4-3-5-7-20/h3-9,18,22,25H,2,10-17,19H2,1H3,(H,26,31). The number of nitrogens with zero attached hydrogens (tertiary/aromatic N) is 4. The van der Waals surface area contributed by atoms with Crippen LogP contribution in [0.3, 0.4) is 0 Å². The number of hydrogen-bond donors (Lipinski definition) is 2. The summed E-state index contributed by atoms with van der Waals surface area (Å²) in [5.41, 5.74) is 1.91. The van der Waals surface area contributed by atoms with Crippen molar-refractivity contribution in [1.29, 1.82) is 0 Å². The van der Waals surface area contributed by atoms with E-state index in [1.54, 1.807) is 6.20 Å². The van der Waals surface area contributed by atoms with Gasteiger partial charge in [0, 0.05) is 71.1 Å². The molecule has 2 saturated heterocycles. The number of pyridine rings is 1. The van der Waals surface area contributed by atoms with Crippen LogP contribution >= 0.6 is 0 Å². The van der Waals surface area contributed by atoms with Gasteiger partial charge in [0.05, 0.1) is 5.56 Å². The monoisotopic (exact) mass is 422 g/mol. The fourth-order valence-corrected chi connectivity index (χ4v) is 4.33. The minimum atomic E-state index is -0.0475. The van der Waals surface area contributed by atoms with Crippen LogP contribution in [0.4, 0.5) is 5.82 Å². The molecule has 7 heteroatoms. The first-order chi connectivity index (χ1) is 15.2. The number of amides is 1. The van der Waals surface area contributed by atoms with E-state index in [4.69, 9.17) is 0 Å². The van der Waals surface area contributed by atoms with Crippen LogP contribution in [0.2, 0.25) is 0 Å². The summed E-state index contributed by atoms with van der Waals surface area (Å²) in [5, 5.41) is 6.62. The molecule has 2 aliphatic rings. The largest absolute Gasteiger partial charge is 0.353 e. The van der Waals surface area contributed by atoms with E-state index in [1.165, 1.54) is 5.56 Å². The van der Waals surface area contributed by atoms with Crippen molar-refractivity contribution in [3.05, 3.63) is 59.8 Å². The van der Waals surface area contributed by atoms with Crippen molar-refractivity contribution >= 4 is 11.7 Å². The molecule has 0 saturated carbocycles. The number of likely N-dealkylation sites (N-methyl/N-ethyl adjacent to an activating group) is 1. The molecule has 2 aromatic rings. The number of rotatable bonds is 7. The number of anilines is 1. The highest BCUT2D eigenvalue weighted by molar-refractivity contribution is 5.94. The number of aromatic nitrogens is 1. The summed E-state index contributed by atoms with van der Waals surface area (Å²) in [6.45, 7) is 12.0. The van der Waals surface area contributed by atoms with Crippen LogP contribution in [-0.2, 0) is 0 Å². The third kappa shape index (κ3) is 5.81. The van der Waals surface area contributed by atoms with Crippen LogP contribution in [0.15, 0.2) is 48.7 Å². The maximum atomic E-state index is 12.5. The van der Waals surface area contributed by atoms with Gasteiger partial charge in [-0.05, 0) is 24.2 Å². The lowest BCUT2D eigenvalue weighted by atomic mass is 10.0. The zero-order valence-electron chi connectivity index (χ0n) is 18.5. The van der Waals surface area contributed by atoms with Crippen molar-refractivity contribution in [3.63, 3.8) is 0 Å². The quantitative estimate of drug-likeness (QED) is 0.707. The molecule has 2 N–H and O–H groups in total. The molecule has 0 radical (unpaired) electrons. The molecule has 7 nitrogen and oxygen atoms in total. The Bertz CT molecular complexity index is 820. The lowest BCUT2D eigenvalue weighted by molar-refractivity contribution is 0.0937. The average Bonchev–Trinajstić information content (AvgIpc) is 2.85. The van der Waals surface area contributed by atoms with Gasteiger partial charge in [0.2, 0.25) is 0 Å². The molecule has 0 spiro atoms. The van der Waals surface area contributed by atoms with Crippen LogP contribution in [0.25, 0.3) is 0 Å². The predicted octanol–water partition coefficient (Wildman–Crippen LogP) is 1.60. The van der Waals surface area contributed by atoms with Gasteiger partial charge >= 0.3 is 0 Å². The van der Waals surface area contributed by atoms with Crippen LogP contribution in [0, 0.1) is 0 Å². The highest BCUT2D eigenvalue weighted by Gasteiger charge is 2.22. The van der Waals surface area contributed by atoms with E-state index in [0.29, 0.717) is 18.2 Å². The van der Waals surface area contributed by atoms with E-state index in [1.807, 2.05) is 18.2 Å². The van der Waals surface area contributed by atoms with E-state index < -0.39 is 0 Å². The van der Waals surface area contributed by atoms with Crippen molar-refractivity contribution in [2.45, 2.75) is 13.0 Å². The van der Waals surface area contributed by atoms with E-state index in [9.17, 15) is 4.79 Å². The van der Waals surface area contributed by atoms with Gasteiger partial charge in [-0.15, -0.1) is 0 Å². The summed E-state index contributed by atoms with van der Waals surface area (Å²) in [6.07, 6.45) is 1.70. The van der Waals surface area contributed by atoms with Crippen LogP contribution in [0.5, 0.6) is 0 Å². The van der Waals surface area contributed by atoms with Crippen molar-refractivity contribution in [2.24, 2.45) is 0 Å². The first-order valence-electron chi connectivity index (χ1n) is 11.4. The lowest BCUT2D eigenvalue weighted by Gasteiger charge is -2.34. The normalized spacial score (nSPS) is 20.5. The fourth-order valence-electron chi connectivity index (χ4n) is 4.33. The third-order valence-electron chi connectivity index (χ3n) is 6.34. The van der Waals surface area contributed by atoms with Crippen molar-refractivity contribution < 1.29 is 4.79 Å². The minimum absolute atomic E-state index is 0.0475. The van der Waals surface area contributed by atoms with Gasteiger partial charge in [0.15, 0.2) is 0 Å². The highest BCUT2D eigenvalue weighted by Crippen LogP contribution is 2.21. The molecule has 0 bridgehead atoms. The van der Waals surface area contributed by atoms with E-state index in [2.05, 4.69) is 61.5 Å². The SMILES string of the molecule is CCN1CCN(CCNC(=O)c2ccc(N3CCNC(c4ccccc4)C3)nc2)CC1. The number of hydrogen-bond acceptors (Lipinski definition) is 6. The van der Waals surface area contributed by atoms with Crippen molar-refractivity contribution in [3.8, 4) is 0 Å². The molecule has 2 aliphatic heterocycles. The zero-order chi connectivity index (χ0) is 21.5. The topological polar surface area (TPSA) is 63.7 Å². The van der Waals surface area contributed by atoms with Crippen LogP contribution < -0.4 is 15.5 Å². The third-order valence-corrected chi connectivity index (χ3v) is 6.34. The second kappa shape index (κ2) is 10.7. The summed E-state index contributed by atoms with van der Waals surface area (Å²) >= 11 is 0. The van der Waals surface area contributed by atoms with Gasteiger partial charge in [-0.1, -0.05) is 37.3 Å². The summed E-state index contributed by atoms with van der Waals surface area (Å²) < 4.78 is 0. The Labute approximate surface area is 185 Å². The summed E-state index contributed by atoms with van der Waals surface area (Å²) in [7, 11) is 0. The maximum absolute atomic E-state index is 12.5. The van der Waals surface area contributed by atoms with Gasteiger partial charge in [0.25, 0.3) is 5.91 Å².